The molecule has 2 aromatic carbocycles. The fraction of sp³-hybridized carbons (Fsp3) is 0.500. The van der Waals surface area contributed by atoms with Gasteiger partial charge in [0, 0.05) is 0 Å². The van der Waals surface area contributed by atoms with E-state index in [2.05, 4.69) is 25.2 Å². The van der Waals surface area contributed by atoms with Gasteiger partial charge in [0.15, 0.2) is 0 Å². The van der Waals surface area contributed by atoms with Crippen molar-refractivity contribution in [2.24, 2.45) is 17.8 Å². The van der Waals surface area contributed by atoms with Crippen LogP contribution in [0.4, 0.5) is 8.78 Å². The monoisotopic (exact) mass is 462 g/mol. The molecule has 0 aliphatic heterocycles. The van der Waals surface area contributed by atoms with E-state index in [-0.39, 0.29) is 11.5 Å². The van der Waals surface area contributed by atoms with Gasteiger partial charge in [-0.1, -0.05) is 55.0 Å². The summed E-state index contributed by atoms with van der Waals surface area (Å²) in [6, 6.07) is 10.9. The minimum Gasteiger partial charge on any atom is -0.206 e. The zero-order valence-electron chi connectivity index (χ0n) is 20.9. The van der Waals surface area contributed by atoms with Crippen molar-refractivity contribution in [3.8, 4) is 11.1 Å². The summed E-state index contributed by atoms with van der Waals surface area (Å²) >= 11 is 0. The minimum absolute atomic E-state index is 0.110. The van der Waals surface area contributed by atoms with Crippen LogP contribution in [0.2, 0.25) is 0 Å². The second-order valence-corrected chi connectivity index (χ2v) is 10.5. The lowest BCUT2D eigenvalue weighted by Gasteiger charge is -2.42. The van der Waals surface area contributed by atoms with Gasteiger partial charge in [0.2, 0.25) is 0 Å². The van der Waals surface area contributed by atoms with Crippen molar-refractivity contribution in [1.82, 2.24) is 0 Å². The summed E-state index contributed by atoms with van der Waals surface area (Å²) in [7, 11) is 0. The largest absolute Gasteiger partial charge is 0.206 e. The van der Waals surface area contributed by atoms with E-state index in [0.717, 1.165) is 49.0 Å². The molecule has 182 valence electrons. The number of hydrogen-bond donors (Lipinski definition) is 0. The smallest absolute Gasteiger partial charge is 0.134 e. The molecular weight excluding hydrogens is 422 g/mol. The highest BCUT2D eigenvalue weighted by Crippen LogP contribution is 2.48. The number of aryl methyl sites for hydroxylation is 1. The molecule has 2 aromatic rings. The van der Waals surface area contributed by atoms with Crippen LogP contribution in [0.5, 0.6) is 0 Å². The van der Waals surface area contributed by atoms with E-state index in [9.17, 15) is 0 Å². The summed E-state index contributed by atoms with van der Waals surface area (Å²) in [4.78, 5) is 0. The van der Waals surface area contributed by atoms with Crippen molar-refractivity contribution in [3.63, 3.8) is 0 Å². The first-order chi connectivity index (χ1) is 16.6. The molecule has 4 atom stereocenters. The molecule has 0 amide bonds. The Morgan fingerprint density at radius 1 is 0.794 bits per heavy atom. The first kappa shape index (κ1) is 24.9. The van der Waals surface area contributed by atoms with Gasteiger partial charge in [-0.2, -0.15) is 0 Å². The first-order valence-electron chi connectivity index (χ1n) is 13.4. The Hall–Kier alpha value is -2.22. The van der Waals surface area contributed by atoms with Crippen molar-refractivity contribution in [1.29, 1.82) is 0 Å². The van der Waals surface area contributed by atoms with Gasteiger partial charge in [0.05, 0.1) is 5.56 Å². The molecule has 0 aromatic heterocycles. The molecule has 34 heavy (non-hydrogen) atoms. The third-order valence-corrected chi connectivity index (χ3v) is 8.31. The Kier molecular flexibility index (Phi) is 8.75. The summed E-state index contributed by atoms with van der Waals surface area (Å²) in [5, 5.41) is 0. The Bertz CT molecular complexity index is 962. The van der Waals surface area contributed by atoms with E-state index in [4.69, 9.17) is 0 Å². The number of rotatable bonds is 8. The maximum atomic E-state index is 15.2. The van der Waals surface area contributed by atoms with Gasteiger partial charge in [-0.3, -0.25) is 0 Å². The van der Waals surface area contributed by atoms with Gasteiger partial charge in [0.1, 0.15) is 11.6 Å². The molecule has 0 heterocycles. The normalized spacial score (nSPS) is 25.2. The van der Waals surface area contributed by atoms with Crippen molar-refractivity contribution in [2.45, 2.75) is 84.0 Å². The SMILES string of the molecule is C/C=C/CCc1ccc(-c2c(F)cc(C3CCC4CC(CC/C=C/C)CCC4C3)cc2F)cc1. The van der Waals surface area contributed by atoms with Crippen molar-refractivity contribution in [2.75, 3.05) is 0 Å². The molecule has 0 radical (unpaired) electrons. The van der Waals surface area contributed by atoms with Crippen LogP contribution in [0.15, 0.2) is 60.7 Å². The zero-order chi connectivity index (χ0) is 23.9. The van der Waals surface area contributed by atoms with E-state index in [1.165, 1.54) is 44.1 Å². The van der Waals surface area contributed by atoms with Gasteiger partial charge in [-0.05, 0) is 124 Å². The fourth-order valence-corrected chi connectivity index (χ4v) is 6.41. The lowest BCUT2D eigenvalue weighted by Crippen LogP contribution is -2.30. The summed E-state index contributed by atoms with van der Waals surface area (Å²) < 4.78 is 30.4. The van der Waals surface area contributed by atoms with E-state index in [1.54, 1.807) is 12.1 Å². The molecular formula is C32H40F2. The van der Waals surface area contributed by atoms with E-state index >= 15 is 8.78 Å². The van der Waals surface area contributed by atoms with Crippen LogP contribution in [0.3, 0.4) is 0 Å². The van der Waals surface area contributed by atoms with Crippen LogP contribution >= 0.6 is 0 Å². The number of hydrogen-bond acceptors (Lipinski definition) is 0. The zero-order valence-corrected chi connectivity index (χ0v) is 20.9. The molecule has 2 heteroatoms. The number of fused-ring (bicyclic) bond motifs is 1. The van der Waals surface area contributed by atoms with Crippen LogP contribution in [0.1, 0.15) is 88.7 Å². The average Bonchev–Trinajstić information content (AvgIpc) is 2.84. The fourth-order valence-electron chi connectivity index (χ4n) is 6.41. The Labute approximate surface area is 205 Å². The summed E-state index contributed by atoms with van der Waals surface area (Å²) in [5.74, 6) is 1.82. The minimum atomic E-state index is -0.425. The highest BCUT2D eigenvalue weighted by Gasteiger charge is 2.36. The predicted octanol–water partition coefficient (Wildman–Crippen LogP) is 9.80. The number of allylic oxidation sites excluding steroid dienone is 4. The first-order valence-corrected chi connectivity index (χ1v) is 13.4. The molecule has 4 unspecified atom stereocenters. The van der Waals surface area contributed by atoms with Gasteiger partial charge in [-0.15, -0.1) is 0 Å². The molecule has 2 aliphatic rings. The van der Waals surface area contributed by atoms with Crippen LogP contribution in [0.25, 0.3) is 11.1 Å². The maximum absolute atomic E-state index is 15.2. The van der Waals surface area contributed by atoms with Crippen molar-refractivity contribution >= 4 is 0 Å². The van der Waals surface area contributed by atoms with E-state index < -0.39 is 11.6 Å². The summed E-state index contributed by atoms with van der Waals surface area (Å²) in [5.41, 5.74) is 2.78. The Balaban J connectivity index is 1.41. The van der Waals surface area contributed by atoms with Crippen molar-refractivity contribution < 1.29 is 8.78 Å². The average molecular weight is 463 g/mol. The molecule has 2 fully saturated rings. The molecule has 4 rings (SSSR count). The molecule has 0 N–H and O–H groups in total. The van der Waals surface area contributed by atoms with Gasteiger partial charge in [0.25, 0.3) is 0 Å². The standard InChI is InChI=1S/C32H40F2/c1-3-5-7-9-23-11-14-25(15-12-23)32-30(33)21-29(22-31(32)34)28-18-17-26-19-24(10-8-6-4-2)13-16-27(26)20-28/h3-6,11-12,14-15,21-22,24,26-28H,7-10,13,16-20H2,1-2H3/b5-3+,6-4+. The lowest BCUT2D eigenvalue weighted by molar-refractivity contribution is 0.115. The van der Waals surface area contributed by atoms with E-state index in [0.29, 0.717) is 5.56 Å². The summed E-state index contributed by atoms with van der Waals surface area (Å²) in [6.07, 6.45) is 20.4. The van der Waals surface area contributed by atoms with Crippen LogP contribution in [-0.2, 0) is 6.42 Å². The number of benzene rings is 2. The van der Waals surface area contributed by atoms with Crippen LogP contribution in [-0.4, -0.2) is 0 Å². The second-order valence-electron chi connectivity index (χ2n) is 10.5. The summed E-state index contributed by atoms with van der Waals surface area (Å²) in [6.45, 7) is 4.11. The van der Waals surface area contributed by atoms with Gasteiger partial charge < -0.3 is 0 Å². The quantitative estimate of drug-likeness (QED) is 0.342. The van der Waals surface area contributed by atoms with Crippen LogP contribution < -0.4 is 0 Å². The van der Waals surface area contributed by atoms with E-state index in [1.807, 2.05) is 37.3 Å². The molecule has 0 saturated heterocycles. The Morgan fingerprint density at radius 3 is 2.15 bits per heavy atom. The van der Waals surface area contributed by atoms with Gasteiger partial charge in [-0.25, -0.2) is 8.78 Å². The lowest BCUT2D eigenvalue weighted by atomic mass is 9.63. The molecule has 0 spiro atoms. The molecule has 0 bridgehead atoms. The predicted molar refractivity (Wildman–Crippen MR) is 140 cm³/mol. The third-order valence-electron chi connectivity index (χ3n) is 8.31. The highest BCUT2D eigenvalue weighted by molar-refractivity contribution is 5.65. The molecule has 2 saturated carbocycles. The molecule has 2 aliphatic carbocycles. The topological polar surface area (TPSA) is 0 Å². The maximum Gasteiger partial charge on any atom is 0.134 e. The van der Waals surface area contributed by atoms with Crippen LogP contribution in [0, 0.1) is 29.4 Å². The third kappa shape index (κ3) is 6.06. The second kappa shape index (κ2) is 12.0. The molecule has 0 nitrogen and oxygen atoms in total. The Morgan fingerprint density at radius 2 is 1.44 bits per heavy atom. The number of halogens is 2. The highest BCUT2D eigenvalue weighted by atomic mass is 19.1. The van der Waals surface area contributed by atoms with Crippen molar-refractivity contribution in [3.05, 3.63) is 83.5 Å². The van der Waals surface area contributed by atoms with Gasteiger partial charge >= 0.3 is 0 Å².